The van der Waals surface area contributed by atoms with Crippen LogP contribution in [0, 0.1) is 0 Å². The smallest absolute Gasteiger partial charge is 0.251 e. The van der Waals surface area contributed by atoms with E-state index >= 15 is 0 Å². The van der Waals surface area contributed by atoms with E-state index in [1.807, 2.05) is 4.90 Å². The van der Waals surface area contributed by atoms with Gasteiger partial charge >= 0.3 is 0 Å². The first-order valence-corrected chi connectivity index (χ1v) is 10.1. The molecule has 2 rings (SSSR count). The van der Waals surface area contributed by atoms with Crippen molar-refractivity contribution >= 4 is 31.7 Å². The van der Waals surface area contributed by atoms with Gasteiger partial charge in [0.15, 0.2) is 0 Å². The lowest BCUT2D eigenvalue weighted by Crippen LogP contribution is -2.50. The minimum absolute atomic E-state index is 0.0155. The predicted octanol–water partition coefficient (Wildman–Crippen LogP) is -0.200. The Kier molecular flexibility index (Phi) is 5.99. The van der Waals surface area contributed by atoms with Crippen molar-refractivity contribution in [3.8, 4) is 0 Å². The van der Waals surface area contributed by atoms with Crippen LogP contribution in [0.5, 0.6) is 0 Å². The Morgan fingerprint density at radius 2 is 1.87 bits per heavy atom. The second-order valence-corrected chi connectivity index (χ2v) is 8.84. The van der Waals surface area contributed by atoms with Crippen molar-refractivity contribution in [2.45, 2.75) is 6.54 Å². The van der Waals surface area contributed by atoms with Crippen LogP contribution in [0.2, 0.25) is 0 Å². The molecule has 0 spiro atoms. The van der Waals surface area contributed by atoms with Gasteiger partial charge in [-0.1, -0.05) is 0 Å². The first-order valence-electron chi connectivity index (χ1n) is 7.28. The van der Waals surface area contributed by atoms with Gasteiger partial charge in [-0.15, -0.1) is 0 Å². The molecular weight excluding hydrogens is 386 g/mol. The van der Waals surface area contributed by atoms with E-state index in [-0.39, 0.29) is 23.8 Å². The average Bonchev–Trinajstić information content (AvgIpc) is 2.48. The third kappa shape index (κ3) is 5.74. The normalized spacial score (nSPS) is 16.5. The summed E-state index contributed by atoms with van der Waals surface area (Å²) in [5.74, 6) is 0.0296. The lowest BCUT2D eigenvalue weighted by Gasteiger charge is -2.34. The Morgan fingerprint density at radius 3 is 2.48 bits per heavy atom. The van der Waals surface area contributed by atoms with Gasteiger partial charge in [0, 0.05) is 55.7 Å². The molecule has 2 heterocycles. The van der Waals surface area contributed by atoms with E-state index in [4.69, 9.17) is 0 Å². The van der Waals surface area contributed by atoms with Crippen LogP contribution < -0.4 is 5.56 Å². The van der Waals surface area contributed by atoms with Gasteiger partial charge in [0.2, 0.25) is 5.91 Å². The molecule has 1 saturated heterocycles. The number of sulfone groups is 1. The molecule has 0 bridgehead atoms. The standard InChI is InChI=1S/C14H20BrN3O4S/c1-23(21,22)9-8-16-4-6-17(7-5-16)14(20)11-18-10-12(15)2-3-13(18)19/h2-3,10H,4-9,11H2,1H3. The van der Waals surface area contributed by atoms with Crippen LogP contribution in [-0.4, -0.2) is 73.4 Å². The van der Waals surface area contributed by atoms with Gasteiger partial charge in [-0.25, -0.2) is 8.42 Å². The van der Waals surface area contributed by atoms with Crippen molar-refractivity contribution in [1.82, 2.24) is 14.4 Å². The van der Waals surface area contributed by atoms with E-state index in [1.165, 1.54) is 16.9 Å². The highest BCUT2D eigenvalue weighted by Gasteiger charge is 2.22. The van der Waals surface area contributed by atoms with Gasteiger partial charge in [-0.3, -0.25) is 14.5 Å². The summed E-state index contributed by atoms with van der Waals surface area (Å²) in [6.07, 6.45) is 2.82. The Labute approximate surface area is 143 Å². The Balaban J connectivity index is 1.86. The molecule has 7 nitrogen and oxygen atoms in total. The number of hydrogen-bond donors (Lipinski definition) is 0. The number of carbonyl (C=O) groups is 1. The Bertz CT molecular complexity index is 724. The fraction of sp³-hybridized carbons (Fsp3) is 0.571. The van der Waals surface area contributed by atoms with E-state index in [9.17, 15) is 18.0 Å². The molecule has 1 aliphatic rings. The van der Waals surface area contributed by atoms with Crippen molar-refractivity contribution in [3.63, 3.8) is 0 Å². The fourth-order valence-corrected chi connectivity index (χ4v) is 3.36. The zero-order valence-electron chi connectivity index (χ0n) is 12.9. The maximum atomic E-state index is 12.3. The molecule has 9 heteroatoms. The van der Waals surface area contributed by atoms with Gasteiger partial charge in [-0.05, 0) is 22.0 Å². The molecule has 0 radical (unpaired) electrons. The summed E-state index contributed by atoms with van der Waals surface area (Å²) in [6, 6.07) is 3.06. The first kappa shape index (κ1) is 18.2. The van der Waals surface area contributed by atoms with Crippen LogP contribution in [0.4, 0.5) is 0 Å². The summed E-state index contributed by atoms with van der Waals surface area (Å²) < 4.78 is 24.5. The van der Waals surface area contributed by atoms with Gasteiger partial charge < -0.3 is 9.47 Å². The summed E-state index contributed by atoms with van der Waals surface area (Å²) in [5.41, 5.74) is -0.215. The molecule has 1 aromatic heterocycles. The van der Waals surface area contributed by atoms with Crippen molar-refractivity contribution in [2.24, 2.45) is 0 Å². The quantitative estimate of drug-likeness (QED) is 0.677. The highest BCUT2D eigenvalue weighted by Crippen LogP contribution is 2.07. The van der Waals surface area contributed by atoms with E-state index in [1.54, 1.807) is 17.2 Å². The molecule has 1 fully saturated rings. The summed E-state index contributed by atoms with van der Waals surface area (Å²) in [4.78, 5) is 27.8. The summed E-state index contributed by atoms with van der Waals surface area (Å²) in [5, 5.41) is 0. The molecule has 1 amide bonds. The van der Waals surface area contributed by atoms with Crippen molar-refractivity contribution in [2.75, 3.05) is 44.7 Å². The predicted molar refractivity (Wildman–Crippen MR) is 91.1 cm³/mol. The summed E-state index contributed by atoms with van der Waals surface area (Å²) >= 11 is 3.28. The number of halogens is 1. The number of aromatic nitrogens is 1. The molecule has 0 unspecified atom stereocenters. The Morgan fingerprint density at radius 1 is 1.22 bits per heavy atom. The number of piperazine rings is 1. The van der Waals surface area contributed by atoms with Crippen molar-refractivity contribution in [3.05, 3.63) is 33.2 Å². The third-order valence-electron chi connectivity index (χ3n) is 3.76. The molecule has 0 atom stereocenters. The SMILES string of the molecule is CS(=O)(=O)CCN1CCN(C(=O)Cn2cc(Br)ccc2=O)CC1. The minimum atomic E-state index is -2.97. The highest BCUT2D eigenvalue weighted by atomic mass is 79.9. The van der Waals surface area contributed by atoms with Gasteiger partial charge in [0.25, 0.3) is 5.56 Å². The molecule has 0 aliphatic carbocycles. The molecule has 128 valence electrons. The molecule has 0 N–H and O–H groups in total. The van der Waals surface area contributed by atoms with Crippen LogP contribution >= 0.6 is 15.9 Å². The largest absolute Gasteiger partial charge is 0.339 e. The number of amides is 1. The Hall–Kier alpha value is -1.19. The first-order chi connectivity index (χ1) is 10.7. The van der Waals surface area contributed by atoms with Crippen LogP contribution in [0.1, 0.15) is 0 Å². The average molecular weight is 406 g/mol. The van der Waals surface area contributed by atoms with Gasteiger partial charge in [0.1, 0.15) is 16.4 Å². The van der Waals surface area contributed by atoms with E-state index < -0.39 is 9.84 Å². The van der Waals surface area contributed by atoms with E-state index in [2.05, 4.69) is 15.9 Å². The van der Waals surface area contributed by atoms with Crippen LogP contribution in [0.15, 0.2) is 27.6 Å². The molecule has 0 saturated carbocycles. The van der Waals surface area contributed by atoms with Crippen LogP contribution in [0.3, 0.4) is 0 Å². The monoisotopic (exact) mass is 405 g/mol. The van der Waals surface area contributed by atoms with Gasteiger partial charge in [0.05, 0.1) is 5.75 Å². The number of hydrogen-bond acceptors (Lipinski definition) is 5. The molecule has 1 aromatic rings. The van der Waals surface area contributed by atoms with Crippen molar-refractivity contribution in [1.29, 1.82) is 0 Å². The summed E-state index contributed by atoms with van der Waals surface area (Å²) in [6.45, 7) is 2.90. The molecule has 0 aromatic carbocycles. The number of rotatable bonds is 5. The zero-order valence-corrected chi connectivity index (χ0v) is 15.3. The van der Waals surface area contributed by atoms with Gasteiger partial charge in [-0.2, -0.15) is 0 Å². The van der Waals surface area contributed by atoms with E-state index in [0.29, 0.717) is 32.7 Å². The maximum Gasteiger partial charge on any atom is 0.251 e. The number of carbonyl (C=O) groups excluding carboxylic acids is 1. The lowest BCUT2D eigenvalue weighted by atomic mass is 10.3. The minimum Gasteiger partial charge on any atom is -0.339 e. The van der Waals surface area contributed by atoms with E-state index in [0.717, 1.165) is 4.47 Å². The fourth-order valence-electron chi connectivity index (χ4n) is 2.39. The lowest BCUT2D eigenvalue weighted by molar-refractivity contribution is -0.133. The molecule has 23 heavy (non-hydrogen) atoms. The van der Waals surface area contributed by atoms with Crippen LogP contribution in [-0.2, 0) is 21.2 Å². The third-order valence-corrected chi connectivity index (χ3v) is 5.15. The van der Waals surface area contributed by atoms with Crippen LogP contribution in [0.25, 0.3) is 0 Å². The molecule has 1 aliphatic heterocycles. The number of nitrogens with zero attached hydrogens (tertiary/aromatic N) is 3. The second kappa shape index (κ2) is 7.59. The zero-order chi connectivity index (χ0) is 17.0. The maximum absolute atomic E-state index is 12.3. The van der Waals surface area contributed by atoms with Crippen molar-refractivity contribution < 1.29 is 13.2 Å². The summed E-state index contributed by atoms with van der Waals surface area (Å²) in [7, 11) is -2.97. The number of pyridine rings is 1. The topological polar surface area (TPSA) is 79.7 Å². The highest BCUT2D eigenvalue weighted by molar-refractivity contribution is 9.10. The second-order valence-electron chi connectivity index (χ2n) is 5.67. The molecular formula is C14H20BrN3O4S.